The van der Waals surface area contributed by atoms with E-state index in [1.54, 1.807) is 7.11 Å². The van der Waals surface area contributed by atoms with Crippen LogP contribution in [0.25, 0.3) is 0 Å². The van der Waals surface area contributed by atoms with E-state index in [4.69, 9.17) is 10.5 Å². The van der Waals surface area contributed by atoms with Crippen molar-refractivity contribution in [3.8, 4) is 5.75 Å². The Morgan fingerprint density at radius 3 is 3.00 bits per heavy atom. The van der Waals surface area contributed by atoms with E-state index in [2.05, 4.69) is 16.3 Å². The second kappa shape index (κ2) is 7.68. The number of methoxy groups -OCH3 is 1. The lowest BCUT2D eigenvalue weighted by atomic mass is 9.95. The number of carbonyl (C=O) groups excluding carboxylic acids is 1. The van der Waals surface area contributed by atoms with Crippen molar-refractivity contribution >= 4 is 11.6 Å². The quantitative estimate of drug-likeness (QED) is 0.844. The molecule has 1 aliphatic heterocycles. The van der Waals surface area contributed by atoms with Crippen LogP contribution >= 0.6 is 0 Å². The number of benzene rings is 1. The summed E-state index contributed by atoms with van der Waals surface area (Å²) in [5, 5.41) is 3.14. The summed E-state index contributed by atoms with van der Waals surface area (Å²) in [4.78, 5) is 14.7. The van der Waals surface area contributed by atoms with E-state index in [0.717, 1.165) is 43.8 Å². The highest BCUT2D eigenvalue weighted by molar-refractivity contribution is 5.85. The van der Waals surface area contributed by atoms with E-state index in [1.165, 1.54) is 0 Å². The number of anilines is 1. The number of nitrogens with two attached hydrogens (primary N) is 1. The Morgan fingerprint density at radius 1 is 1.52 bits per heavy atom. The smallest absolute Gasteiger partial charge is 0.240 e. The lowest BCUT2D eigenvalue weighted by Gasteiger charge is -2.36. The summed E-state index contributed by atoms with van der Waals surface area (Å²) in [6.07, 6.45) is 3.65. The molecule has 1 saturated heterocycles. The fourth-order valence-corrected chi connectivity index (χ4v) is 3.12. The van der Waals surface area contributed by atoms with Gasteiger partial charge in [-0.1, -0.05) is 19.4 Å². The first-order valence-electron chi connectivity index (χ1n) is 8.45. The average Bonchev–Trinajstić information content (AvgIpc) is 2.55. The number of carbonyl (C=O) groups is 1. The molecule has 2 atom stereocenters. The maximum Gasteiger partial charge on any atom is 0.240 e. The third kappa shape index (κ3) is 4.61. The van der Waals surface area contributed by atoms with Crippen molar-refractivity contribution < 1.29 is 9.53 Å². The molecule has 1 aromatic carbocycles. The fourth-order valence-electron chi connectivity index (χ4n) is 3.12. The van der Waals surface area contributed by atoms with E-state index in [1.807, 2.05) is 32.0 Å². The highest BCUT2D eigenvalue weighted by Gasteiger charge is 2.30. The number of hydrogen-bond donors (Lipinski definition) is 2. The first-order valence-corrected chi connectivity index (χ1v) is 8.45. The van der Waals surface area contributed by atoms with Gasteiger partial charge in [0.15, 0.2) is 0 Å². The SMILES string of the molecule is CCCC(C)(N)C(=O)NC1CCCN(c2cccc(OC)c2)C1. The molecule has 2 rings (SSSR count). The normalized spacial score (nSPS) is 20.7. The van der Waals surface area contributed by atoms with Crippen molar-refractivity contribution in [3.05, 3.63) is 24.3 Å². The zero-order valence-electron chi connectivity index (χ0n) is 14.5. The van der Waals surface area contributed by atoms with Gasteiger partial charge in [-0.3, -0.25) is 4.79 Å². The summed E-state index contributed by atoms with van der Waals surface area (Å²) < 4.78 is 5.30. The summed E-state index contributed by atoms with van der Waals surface area (Å²) >= 11 is 0. The molecule has 23 heavy (non-hydrogen) atoms. The van der Waals surface area contributed by atoms with E-state index >= 15 is 0 Å². The molecule has 1 heterocycles. The van der Waals surface area contributed by atoms with Gasteiger partial charge >= 0.3 is 0 Å². The summed E-state index contributed by atoms with van der Waals surface area (Å²) in [5.41, 5.74) is 6.48. The number of amides is 1. The van der Waals surface area contributed by atoms with Crippen molar-refractivity contribution in [1.29, 1.82) is 0 Å². The number of ether oxygens (including phenoxy) is 1. The molecule has 5 heteroatoms. The topological polar surface area (TPSA) is 67.6 Å². The number of nitrogens with zero attached hydrogens (tertiary/aromatic N) is 1. The average molecular weight is 319 g/mol. The highest BCUT2D eigenvalue weighted by Crippen LogP contribution is 2.24. The molecule has 1 aromatic rings. The molecule has 0 spiro atoms. The zero-order chi connectivity index (χ0) is 16.9. The van der Waals surface area contributed by atoms with Gasteiger partial charge in [0.2, 0.25) is 5.91 Å². The Bertz CT molecular complexity index is 531. The minimum atomic E-state index is -0.785. The fraction of sp³-hybridized carbons (Fsp3) is 0.611. The largest absolute Gasteiger partial charge is 0.497 e. The van der Waals surface area contributed by atoms with Crippen LogP contribution in [0.3, 0.4) is 0 Å². The maximum atomic E-state index is 12.4. The van der Waals surface area contributed by atoms with E-state index in [0.29, 0.717) is 6.42 Å². The van der Waals surface area contributed by atoms with Crippen LogP contribution in [0.4, 0.5) is 5.69 Å². The highest BCUT2D eigenvalue weighted by atomic mass is 16.5. The maximum absolute atomic E-state index is 12.4. The van der Waals surface area contributed by atoms with Gasteiger partial charge in [0.1, 0.15) is 5.75 Å². The van der Waals surface area contributed by atoms with Gasteiger partial charge in [-0.05, 0) is 38.3 Å². The van der Waals surface area contributed by atoms with Crippen molar-refractivity contribution in [2.75, 3.05) is 25.1 Å². The van der Waals surface area contributed by atoms with Crippen LogP contribution in [0, 0.1) is 0 Å². The minimum Gasteiger partial charge on any atom is -0.497 e. The Hall–Kier alpha value is -1.75. The van der Waals surface area contributed by atoms with Gasteiger partial charge < -0.3 is 20.7 Å². The van der Waals surface area contributed by atoms with Gasteiger partial charge in [0.05, 0.1) is 12.6 Å². The first-order chi connectivity index (χ1) is 11.0. The molecule has 1 fully saturated rings. The van der Waals surface area contributed by atoms with E-state index in [9.17, 15) is 4.79 Å². The molecule has 0 aliphatic carbocycles. The third-order valence-corrected chi connectivity index (χ3v) is 4.46. The summed E-state index contributed by atoms with van der Waals surface area (Å²) in [6.45, 7) is 5.66. The standard InChI is InChI=1S/C18H29N3O2/c1-4-10-18(2,19)17(22)20-14-7-6-11-21(13-14)15-8-5-9-16(12-15)23-3/h5,8-9,12,14H,4,6-7,10-11,13,19H2,1-3H3,(H,20,22). The first kappa shape index (κ1) is 17.6. The van der Waals surface area contributed by atoms with Crippen LogP contribution in [-0.2, 0) is 4.79 Å². The Labute approximate surface area is 139 Å². The van der Waals surface area contributed by atoms with Gasteiger partial charge in [0.25, 0.3) is 0 Å². The van der Waals surface area contributed by atoms with Crippen molar-refractivity contribution in [2.45, 2.75) is 51.1 Å². The van der Waals surface area contributed by atoms with E-state index < -0.39 is 5.54 Å². The predicted octanol–water partition coefficient (Wildman–Crippen LogP) is 2.30. The molecule has 0 bridgehead atoms. The number of hydrogen-bond acceptors (Lipinski definition) is 4. The van der Waals surface area contributed by atoms with E-state index in [-0.39, 0.29) is 11.9 Å². The Balaban J connectivity index is 1.99. The monoisotopic (exact) mass is 319 g/mol. The van der Waals surface area contributed by atoms with Crippen LogP contribution in [0.5, 0.6) is 5.75 Å². The molecule has 0 aromatic heterocycles. The Morgan fingerprint density at radius 2 is 2.30 bits per heavy atom. The van der Waals surface area contributed by atoms with Crippen LogP contribution in [0.15, 0.2) is 24.3 Å². The predicted molar refractivity (Wildman–Crippen MR) is 93.9 cm³/mol. The minimum absolute atomic E-state index is 0.0446. The van der Waals surface area contributed by atoms with Crippen LogP contribution < -0.4 is 20.7 Å². The van der Waals surface area contributed by atoms with Gasteiger partial charge in [-0.15, -0.1) is 0 Å². The lowest BCUT2D eigenvalue weighted by molar-refractivity contribution is -0.126. The van der Waals surface area contributed by atoms with Gasteiger partial charge in [-0.2, -0.15) is 0 Å². The molecule has 1 aliphatic rings. The second-order valence-electron chi connectivity index (χ2n) is 6.63. The molecule has 3 N–H and O–H groups in total. The number of rotatable bonds is 6. The zero-order valence-corrected chi connectivity index (χ0v) is 14.5. The molecule has 0 saturated carbocycles. The molecule has 5 nitrogen and oxygen atoms in total. The summed E-state index contributed by atoms with van der Waals surface area (Å²) in [7, 11) is 1.67. The summed E-state index contributed by atoms with van der Waals surface area (Å²) in [5.74, 6) is 0.808. The summed E-state index contributed by atoms with van der Waals surface area (Å²) in [6, 6.07) is 8.19. The molecule has 1 amide bonds. The number of nitrogens with one attached hydrogen (secondary N) is 1. The lowest BCUT2D eigenvalue weighted by Crippen LogP contribution is -2.57. The van der Waals surface area contributed by atoms with Crippen molar-refractivity contribution in [2.24, 2.45) is 5.73 Å². The van der Waals surface area contributed by atoms with Gasteiger partial charge in [0, 0.05) is 30.9 Å². The van der Waals surface area contributed by atoms with Crippen molar-refractivity contribution in [3.63, 3.8) is 0 Å². The molecule has 128 valence electrons. The second-order valence-corrected chi connectivity index (χ2v) is 6.63. The van der Waals surface area contributed by atoms with Crippen LogP contribution in [-0.4, -0.2) is 37.7 Å². The van der Waals surface area contributed by atoms with Gasteiger partial charge in [-0.25, -0.2) is 0 Å². The molecule has 2 unspecified atom stereocenters. The Kier molecular flexibility index (Phi) is 5.88. The van der Waals surface area contributed by atoms with Crippen molar-refractivity contribution in [1.82, 2.24) is 5.32 Å². The number of piperidine rings is 1. The molecular weight excluding hydrogens is 290 g/mol. The molecular formula is C18H29N3O2. The van der Waals surface area contributed by atoms with Crippen LogP contribution in [0.1, 0.15) is 39.5 Å². The van der Waals surface area contributed by atoms with Crippen LogP contribution in [0.2, 0.25) is 0 Å². The third-order valence-electron chi connectivity index (χ3n) is 4.46. The molecule has 0 radical (unpaired) electrons.